The first kappa shape index (κ1) is 11.4. The normalized spacial score (nSPS) is 10.2. The molecule has 0 aliphatic rings. The molecule has 2 nitrogen and oxygen atoms in total. The molecule has 0 atom stereocenters. The number of phenols is 1. The summed E-state index contributed by atoms with van der Waals surface area (Å²) in [7, 11) is 0. The second-order valence-electron chi connectivity index (χ2n) is 3.87. The van der Waals surface area contributed by atoms with E-state index in [9.17, 15) is 9.90 Å². The highest BCUT2D eigenvalue weighted by molar-refractivity contribution is 5.91. The van der Waals surface area contributed by atoms with Crippen LogP contribution < -0.4 is 0 Å². The highest BCUT2D eigenvalue weighted by Gasteiger charge is 2.12. The minimum atomic E-state index is 0.101. The lowest BCUT2D eigenvalue weighted by atomic mass is 9.96. The molecular formula is C15H14O2. The van der Waals surface area contributed by atoms with Crippen LogP contribution in [-0.2, 0) is 6.42 Å². The van der Waals surface area contributed by atoms with Crippen molar-refractivity contribution in [2.45, 2.75) is 13.3 Å². The largest absolute Gasteiger partial charge is 0.507 e. The Morgan fingerprint density at radius 2 is 1.82 bits per heavy atom. The molecule has 2 aromatic carbocycles. The van der Waals surface area contributed by atoms with Crippen LogP contribution in [0.3, 0.4) is 0 Å². The number of hydrogen-bond donors (Lipinski definition) is 1. The van der Waals surface area contributed by atoms with E-state index in [1.165, 1.54) is 0 Å². The van der Waals surface area contributed by atoms with Gasteiger partial charge in [0, 0.05) is 0 Å². The lowest BCUT2D eigenvalue weighted by Crippen LogP contribution is -1.92. The number of carbonyl (C=O) groups is 1. The fourth-order valence-electron chi connectivity index (χ4n) is 1.93. The molecule has 0 spiro atoms. The van der Waals surface area contributed by atoms with Crippen LogP contribution in [0.25, 0.3) is 11.1 Å². The first-order valence-electron chi connectivity index (χ1n) is 5.63. The third kappa shape index (κ3) is 2.07. The van der Waals surface area contributed by atoms with Gasteiger partial charge < -0.3 is 5.11 Å². The minimum Gasteiger partial charge on any atom is -0.507 e. The van der Waals surface area contributed by atoms with Gasteiger partial charge in [-0.15, -0.1) is 0 Å². The van der Waals surface area contributed by atoms with Gasteiger partial charge in [-0.3, -0.25) is 4.79 Å². The van der Waals surface area contributed by atoms with E-state index in [2.05, 4.69) is 0 Å². The predicted molar refractivity (Wildman–Crippen MR) is 68.3 cm³/mol. The molecule has 0 amide bonds. The quantitative estimate of drug-likeness (QED) is 0.814. The number of aromatic hydroxyl groups is 1. The molecule has 0 aliphatic heterocycles. The van der Waals surface area contributed by atoms with Crippen molar-refractivity contribution >= 4 is 6.29 Å². The number of aldehydes is 1. The molecule has 2 rings (SSSR count). The summed E-state index contributed by atoms with van der Waals surface area (Å²) in [6.45, 7) is 1.95. The zero-order valence-electron chi connectivity index (χ0n) is 9.68. The Hall–Kier alpha value is -2.09. The maximum Gasteiger partial charge on any atom is 0.154 e. The van der Waals surface area contributed by atoms with Crippen LogP contribution in [0, 0.1) is 0 Å². The smallest absolute Gasteiger partial charge is 0.154 e. The van der Waals surface area contributed by atoms with Gasteiger partial charge in [0.15, 0.2) is 6.29 Å². The fourth-order valence-corrected chi connectivity index (χ4v) is 1.93. The van der Waals surface area contributed by atoms with E-state index in [1.807, 2.05) is 49.4 Å². The number of hydrogen-bond acceptors (Lipinski definition) is 2. The molecule has 86 valence electrons. The summed E-state index contributed by atoms with van der Waals surface area (Å²) in [5.41, 5.74) is 2.88. The Morgan fingerprint density at radius 3 is 2.41 bits per heavy atom. The van der Waals surface area contributed by atoms with Crippen LogP contribution in [0.2, 0.25) is 0 Å². The van der Waals surface area contributed by atoms with Crippen LogP contribution in [0.1, 0.15) is 22.8 Å². The van der Waals surface area contributed by atoms with Gasteiger partial charge in [-0.2, -0.15) is 0 Å². The summed E-state index contributed by atoms with van der Waals surface area (Å²) in [6, 6.07) is 13.3. The molecule has 0 radical (unpaired) electrons. The van der Waals surface area contributed by atoms with Gasteiger partial charge in [0.1, 0.15) is 5.75 Å². The zero-order chi connectivity index (χ0) is 12.3. The molecule has 0 unspecified atom stereocenters. The standard InChI is InChI=1S/C15H14O2/c1-2-11-8-9-13(14(10-16)15(11)17)12-6-4-3-5-7-12/h3-10,17H,2H2,1H3. The molecule has 0 bridgehead atoms. The van der Waals surface area contributed by atoms with E-state index >= 15 is 0 Å². The van der Waals surface area contributed by atoms with Crippen molar-refractivity contribution in [2.75, 3.05) is 0 Å². The van der Waals surface area contributed by atoms with Crippen molar-refractivity contribution in [3.63, 3.8) is 0 Å². The summed E-state index contributed by atoms with van der Waals surface area (Å²) in [5.74, 6) is 0.101. The molecule has 2 heteroatoms. The van der Waals surface area contributed by atoms with E-state index in [-0.39, 0.29) is 5.75 Å². The van der Waals surface area contributed by atoms with E-state index in [1.54, 1.807) is 0 Å². The summed E-state index contributed by atoms with van der Waals surface area (Å²) in [4.78, 5) is 11.1. The van der Waals surface area contributed by atoms with E-state index < -0.39 is 0 Å². The molecule has 0 aromatic heterocycles. The first-order valence-corrected chi connectivity index (χ1v) is 5.63. The number of benzene rings is 2. The first-order chi connectivity index (χ1) is 8.27. The molecule has 0 fully saturated rings. The maximum atomic E-state index is 11.1. The van der Waals surface area contributed by atoms with E-state index in [0.29, 0.717) is 12.0 Å². The lowest BCUT2D eigenvalue weighted by Gasteiger charge is -2.10. The number of phenolic OH excluding ortho intramolecular Hbond substituents is 1. The maximum absolute atomic E-state index is 11.1. The average molecular weight is 226 g/mol. The third-order valence-electron chi connectivity index (χ3n) is 2.88. The van der Waals surface area contributed by atoms with Crippen LogP contribution in [0.4, 0.5) is 0 Å². The van der Waals surface area contributed by atoms with E-state index in [4.69, 9.17) is 0 Å². The van der Waals surface area contributed by atoms with Gasteiger partial charge in [-0.1, -0.05) is 49.4 Å². The van der Waals surface area contributed by atoms with Crippen molar-refractivity contribution in [3.8, 4) is 16.9 Å². The van der Waals surface area contributed by atoms with Crippen LogP contribution in [0.15, 0.2) is 42.5 Å². The van der Waals surface area contributed by atoms with Gasteiger partial charge >= 0.3 is 0 Å². The number of rotatable bonds is 3. The van der Waals surface area contributed by atoms with Gasteiger partial charge in [-0.25, -0.2) is 0 Å². The van der Waals surface area contributed by atoms with Gasteiger partial charge in [0.05, 0.1) is 5.56 Å². The predicted octanol–water partition coefficient (Wildman–Crippen LogP) is 3.43. The van der Waals surface area contributed by atoms with Crippen molar-refractivity contribution in [2.24, 2.45) is 0 Å². The molecular weight excluding hydrogens is 212 g/mol. The highest BCUT2D eigenvalue weighted by Crippen LogP contribution is 2.31. The lowest BCUT2D eigenvalue weighted by molar-refractivity contribution is 0.112. The van der Waals surface area contributed by atoms with Gasteiger partial charge in [-0.05, 0) is 23.1 Å². The number of carbonyl (C=O) groups excluding carboxylic acids is 1. The summed E-state index contributed by atoms with van der Waals surface area (Å²) >= 11 is 0. The molecule has 2 aromatic rings. The van der Waals surface area contributed by atoms with Crippen molar-refractivity contribution in [1.29, 1.82) is 0 Å². The van der Waals surface area contributed by atoms with Gasteiger partial charge in [0.25, 0.3) is 0 Å². The monoisotopic (exact) mass is 226 g/mol. The Labute approximate surface area is 101 Å². The van der Waals surface area contributed by atoms with E-state index in [0.717, 1.165) is 23.0 Å². The Balaban J connectivity index is 2.64. The van der Waals surface area contributed by atoms with Crippen molar-refractivity contribution in [3.05, 3.63) is 53.6 Å². The van der Waals surface area contributed by atoms with Crippen LogP contribution in [-0.4, -0.2) is 11.4 Å². The Kier molecular flexibility index (Phi) is 3.24. The van der Waals surface area contributed by atoms with Crippen LogP contribution in [0.5, 0.6) is 5.75 Å². The molecule has 1 N–H and O–H groups in total. The molecule has 0 saturated carbocycles. The minimum absolute atomic E-state index is 0.101. The second kappa shape index (κ2) is 4.83. The summed E-state index contributed by atoms with van der Waals surface area (Å²) < 4.78 is 0. The average Bonchev–Trinajstić information content (AvgIpc) is 2.39. The summed E-state index contributed by atoms with van der Waals surface area (Å²) in [5, 5.41) is 10.00. The Bertz CT molecular complexity index is 530. The molecule has 0 heterocycles. The molecule has 0 aliphatic carbocycles. The third-order valence-corrected chi connectivity index (χ3v) is 2.88. The van der Waals surface area contributed by atoms with Crippen molar-refractivity contribution < 1.29 is 9.90 Å². The SMILES string of the molecule is CCc1ccc(-c2ccccc2)c(C=O)c1O. The zero-order valence-corrected chi connectivity index (χ0v) is 9.68. The van der Waals surface area contributed by atoms with Crippen molar-refractivity contribution in [1.82, 2.24) is 0 Å². The summed E-state index contributed by atoms with van der Waals surface area (Å²) in [6.07, 6.45) is 1.43. The highest BCUT2D eigenvalue weighted by atomic mass is 16.3. The Morgan fingerprint density at radius 1 is 1.12 bits per heavy atom. The van der Waals surface area contributed by atoms with Gasteiger partial charge in [0.2, 0.25) is 0 Å². The number of aryl methyl sites for hydroxylation is 1. The fraction of sp³-hybridized carbons (Fsp3) is 0.133. The van der Waals surface area contributed by atoms with Crippen LogP contribution >= 0.6 is 0 Å². The molecule has 17 heavy (non-hydrogen) atoms. The second-order valence-corrected chi connectivity index (χ2v) is 3.87. The topological polar surface area (TPSA) is 37.3 Å². The molecule has 0 saturated heterocycles.